The van der Waals surface area contributed by atoms with E-state index in [-0.39, 0.29) is 5.91 Å². The van der Waals surface area contributed by atoms with Crippen molar-refractivity contribution in [3.63, 3.8) is 0 Å². The summed E-state index contributed by atoms with van der Waals surface area (Å²) in [5, 5.41) is 10.1. The number of amides is 1. The Labute approximate surface area is 102 Å². The number of likely N-dealkylation sites (tertiary alicyclic amines) is 1. The molecule has 0 aliphatic carbocycles. The van der Waals surface area contributed by atoms with Crippen molar-refractivity contribution in [3.8, 4) is 0 Å². The Balaban J connectivity index is 0.000000181. The lowest BCUT2D eigenvalue weighted by Gasteiger charge is -2.18. The van der Waals surface area contributed by atoms with Gasteiger partial charge in [0, 0.05) is 12.6 Å². The lowest BCUT2D eigenvalue weighted by molar-refractivity contribution is -0.126. The molecule has 0 unspecified atom stereocenters. The summed E-state index contributed by atoms with van der Waals surface area (Å²) in [4.78, 5) is 12.9. The summed E-state index contributed by atoms with van der Waals surface area (Å²) in [5.74, 6) is 0.0741. The van der Waals surface area contributed by atoms with Gasteiger partial charge in [-0.15, -0.1) is 0 Å². The van der Waals surface area contributed by atoms with Crippen molar-refractivity contribution in [3.05, 3.63) is 24.0 Å². The Bertz CT molecular complexity index is 369. The number of aromatic amines is 1. The molecule has 1 amide bonds. The van der Waals surface area contributed by atoms with Crippen LogP contribution in [0.2, 0.25) is 0 Å². The molecule has 1 saturated heterocycles. The molecule has 0 spiro atoms. The summed E-state index contributed by atoms with van der Waals surface area (Å²) < 4.78 is 0. The van der Waals surface area contributed by atoms with E-state index in [9.17, 15) is 4.79 Å². The number of rotatable bonds is 1. The third-order valence-corrected chi connectivity index (χ3v) is 2.97. The van der Waals surface area contributed by atoms with Gasteiger partial charge in [0.05, 0.1) is 11.4 Å². The van der Waals surface area contributed by atoms with Gasteiger partial charge in [0.25, 0.3) is 0 Å². The first-order chi connectivity index (χ1) is 8.06. The first-order valence-corrected chi connectivity index (χ1v) is 5.83. The summed E-state index contributed by atoms with van der Waals surface area (Å²) in [6.45, 7) is 10.3. The lowest BCUT2D eigenvalue weighted by Crippen LogP contribution is -2.31. The Hall–Kier alpha value is -1.65. The summed E-state index contributed by atoms with van der Waals surface area (Å²) in [6.07, 6.45) is 3.67. The predicted molar refractivity (Wildman–Crippen MR) is 66.5 cm³/mol. The van der Waals surface area contributed by atoms with E-state index < -0.39 is 0 Å². The van der Waals surface area contributed by atoms with Gasteiger partial charge in [0.2, 0.25) is 5.91 Å². The number of carbonyl (C=O) groups excluding carboxylic acids is 1. The Morgan fingerprint density at radius 1 is 1.47 bits per heavy atom. The van der Waals surface area contributed by atoms with Gasteiger partial charge in [0.15, 0.2) is 0 Å². The molecule has 1 aromatic heterocycles. The van der Waals surface area contributed by atoms with E-state index in [2.05, 4.69) is 28.9 Å². The normalized spacial score (nSPS) is 18.5. The van der Waals surface area contributed by atoms with E-state index in [0.717, 1.165) is 30.8 Å². The van der Waals surface area contributed by atoms with E-state index in [4.69, 9.17) is 0 Å². The molecule has 1 N–H and O–H groups in total. The quantitative estimate of drug-likeness (QED) is 0.753. The zero-order valence-electron chi connectivity index (χ0n) is 10.7. The monoisotopic (exact) mass is 236 g/mol. The van der Waals surface area contributed by atoms with E-state index in [1.807, 2.05) is 18.7 Å². The largest absolute Gasteiger partial charge is 0.336 e. The number of hydrogen-bond donors (Lipinski definition) is 1. The Morgan fingerprint density at radius 3 is 2.35 bits per heavy atom. The Kier molecular flexibility index (Phi) is 4.87. The highest BCUT2D eigenvalue weighted by Gasteiger charge is 2.22. The fourth-order valence-corrected chi connectivity index (χ4v) is 1.71. The van der Waals surface area contributed by atoms with Crippen LogP contribution in [0.4, 0.5) is 0 Å². The molecule has 17 heavy (non-hydrogen) atoms. The second-order valence-electron chi connectivity index (χ2n) is 4.22. The van der Waals surface area contributed by atoms with Crippen LogP contribution in [-0.4, -0.2) is 38.8 Å². The van der Waals surface area contributed by atoms with E-state index >= 15 is 0 Å². The maximum atomic E-state index is 11.0. The van der Waals surface area contributed by atoms with Crippen molar-refractivity contribution >= 4 is 5.91 Å². The zero-order valence-corrected chi connectivity index (χ0v) is 10.7. The average Bonchev–Trinajstić information content (AvgIpc) is 2.89. The molecular weight excluding hydrogens is 216 g/mol. The topological polar surface area (TPSA) is 61.9 Å². The molecule has 0 saturated carbocycles. The molecule has 94 valence electrons. The van der Waals surface area contributed by atoms with Gasteiger partial charge >= 0.3 is 0 Å². The summed E-state index contributed by atoms with van der Waals surface area (Å²) >= 11 is 0. The fraction of sp³-hybridized carbons (Fsp3) is 0.583. The molecule has 1 aromatic rings. The number of aryl methyl sites for hydroxylation is 2. The zero-order chi connectivity index (χ0) is 12.8. The smallest absolute Gasteiger partial charge is 0.246 e. The van der Waals surface area contributed by atoms with Crippen LogP contribution in [0.25, 0.3) is 0 Å². The number of H-pyrrole nitrogens is 1. The highest BCUT2D eigenvalue weighted by atomic mass is 16.2. The van der Waals surface area contributed by atoms with Gasteiger partial charge < -0.3 is 4.90 Å². The second kappa shape index (κ2) is 6.18. The van der Waals surface area contributed by atoms with Gasteiger partial charge in [-0.3, -0.25) is 4.79 Å². The SMILES string of the molecule is C=CC(=O)N1CCC[C@H]1C.Cc1n[nH]nc1C. The highest BCUT2D eigenvalue weighted by molar-refractivity contribution is 5.87. The third kappa shape index (κ3) is 3.69. The molecule has 1 atom stereocenters. The number of aromatic nitrogens is 3. The van der Waals surface area contributed by atoms with Gasteiger partial charge in [-0.25, -0.2) is 0 Å². The van der Waals surface area contributed by atoms with Crippen LogP contribution in [0.3, 0.4) is 0 Å². The van der Waals surface area contributed by atoms with E-state index in [1.54, 1.807) is 0 Å². The van der Waals surface area contributed by atoms with Crippen molar-refractivity contribution in [2.45, 2.75) is 39.7 Å². The van der Waals surface area contributed by atoms with Gasteiger partial charge in [-0.2, -0.15) is 15.4 Å². The molecule has 5 nitrogen and oxygen atoms in total. The molecule has 2 rings (SSSR count). The summed E-state index contributed by atoms with van der Waals surface area (Å²) in [6, 6.07) is 0.422. The average molecular weight is 236 g/mol. The van der Waals surface area contributed by atoms with Crippen molar-refractivity contribution in [2.24, 2.45) is 0 Å². The standard InChI is InChI=1S/C8H13NO.C4H7N3/c1-3-8(10)9-6-4-5-7(9)2;1-3-4(2)6-7-5-3/h3,7H,1,4-6H2,2H3;1-2H3,(H,5,6,7)/t7-;/m1./s1. The van der Waals surface area contributed by atoms with Crippen LogP contribution in [0.1, 0.15) is 31.2 Å². The van der Waals surface area contributed by atoms with Crippen molar-refractivity contribution in [2.75, 3.05) is 6.54 Å². The molecule has 0 bridgehead atoms. The molecule has 0 radical (unpaired) electrons. The fourth-order valence-electron chi connectivity index (χ4n) is 1.71. The molecule has 1 aliphatic heterocycles. The molecular formula is C12H20N4O. The number of hydrogen-bond acceptors (Lipinski definition) is 3. The number of carbonyl (C=O) groups is 1. The van der Waals surface area contributed by atoms with E-state index in [1.165, 1.54) is 6.08 Å². The first-order valence-electron chi connectivity index (χ1n) is 5.83. The van der Waals surface area contributed by atoms with Gasteiger partial charge in [-0.1, -0.05) is 6.58 Å². The molecule has 1 fully saturated rings. The first kappa shape index (κ1) is 13.4. The van der Waals surface area contributed by atoms with Gasteiger partial charge in [0.1, 0.15) is 0 Å². The number of nitrogens with zero attached hydrogens (tertiary/aromatic N) is 3. The molecule has 2 heterocycles. The van der Waals surface area contributed by atoms with Crippen molar-refractivity contribution in [1.29, 1.82) is 0 Å². The number of nitrogens with one attached hydrogen (secondary N) is 1. The Morgan fingerprint density at radius 2 is 2.06 bits per heavy atom. The van der Waals surface area contributed by atoms with Crippen molar-refractivity contribution < 1.29 is 4.79 Å². The maximum absolute atomic E-state index is 11.0. The second-order valence-corrected chi connectivity index (χ2v) is 4.22. The minimum atomic E-state index is 0.0741. The van der Waals surface area contributed by atoms with Crippen LogP contribution in [0.5, 0.6) is 0 Å². The molecule has 5 heteroatoms. The minimum Gasteiger partial charge on any atom is -0.336 e. The molecule has 1 aliphatic rings. The van der Waals surface area contributed by atoms with Gasteiger partial charge in [-0.05, 0) is 39.7 Å². The van der Waals surface area contributed by atoms with Crippen LogP contribution >= 0.6 is 0 Å². The summed E-state index contributed by atoms with van der Waals surface area (Å²) in [5.41, 5.74) is 1.94. The highest BCUT2D eigenvalue weighted by Crippen LogP contribution is 2.16. The van der Waals surface area contributed by atoms with Crippen LogP contribution in [0.15, 0.2) is 12.7 Å². The lowest BCUT2D eigenvalue weighted by atomic mass is 10.2. The maximum Gasteiger partial charge on any atom is 0.246 e. The van der Waals surface area contributed by atoms with Crippen molar-refractivity contribution in [1.82, 2.24) is 20.3 Å². The van der Waals surface area contributed by atoms with Crippen LogP contribution in [0, 0.1) is 13.8 Å². The third-order valence-electron chi connectivity index (χ3n) is 2.97. The van der Waals surface area contributed by atoms with Crippen LogP contribution in [-0.2, 0) is 4.79 Å². The summed E-state index contributed by atoms with van der Waals surface area (Å²) in [7, 11) is 0. The van der Waals surface area contributed by atoms with E-state index in [0.29, 0.717) is 6.04 Å². The molecule has 0 aromatic carbocycles. The van der Waals surface area contributed by atoms with Crippen LogP contribution < -0.4 is 0 Å². The predicted octanol–water partition coefficient (Wildman–Crippen LogP) is 1.60. The minimum absolute atomic E-state index is 0.0741.